The third-order valence-electron chi connectivity index (χ3n) is 14.0. The zero-order valence-corrected chi connectivity index (χ0v) is 48.4. The maximum atomic E-state index is 13.5. The molecule has 0 radical (unpaired) electrons. The molecule has 3 unspecified atom stereocenters. The first-order chi connectivity index (χ1) is 33.9. The van der Waals surface area contributed by atoms with Crippen LogP contribution in [0.4, 0.5) is 0 Å². The number of quaternary nitrogens is 1. The van der Waals surface area contributed by atoms with Crippen molar-refractivity contribution in [1.82, 2.24) is 5.32 Å². The highest BCUT2D eigenvalue weighted by molar-refractivity contribution is 7.47. The zero-order valence-electron chi connectivity index (χ0n) is 47.5. The summed E-state index contributed by atoms with van der Waals surface area (Å²) in [5.41, 5.74) is 0. The molecule has 3 atom stereocenters. The lowest BCUT2D eigenvalue weighted by molar-refractivity contribution is -0.870. The number of amides is 1. The van der Waals surface area contributed by atoms with Crippen LogP contribution in [0.2, 0.25) is 0 Å². The zero-order chi connectivity index (χ0) is 51.5. The minimum atomic E-state index is -4.44. The Hall–Kier alpha value is -1.25. The maximum Gasteiger partial charge on any atom is 0.472 e. The molecule has 0 aliphatic carbocycles. The van der Waals surface area contributed by atoms with Crippen LogP contribution in [0.1, 0.15) is 310 Å². The molecular weight excluding hydrogens is 892 g/mol. The molecule has 0 aromatic carbocycles. The average Bonchev–Trinajstić information content (AvgIpc) is 3.32. The van der Waals surface area contributed by atoms with Gasteiger partial charge in [-0.25, -0.2) is 4.57 Å². The van der Waals surface area contributed by atoms with Crippen LogP contribution in [0, 0.1) is 0 Å². The third-order valence-corrected chi connectivity index (χ3v) is 15.0. The number of allylic oxidation sites excluding steroid dienone is 1. The molecule has 0 aromatic heterocycles. The summed E-state index contributed by atoms with van der Waals surface area (Å²) in [5.74, 6) is -0.485. The fraction of sp³-hybridized carbons (Fsp3) is 0.933. The molecule has 0 aliphatic heterocycles. The van der Waals surface area contributed by atoms with E-state index in [0.29, 0.717) is 23.9 Å². The maximum absolute atomic E-state index is 13.5. The Labute approximate surface area is 435 Å². The molecule has 0 aromatic rings. The summed E-state index contributed by atoms with van der Waals surface area (Å²) in [7, 11) is 1.52. The summed E-state index contributed by atoms with van der Waals surface area (Å²) in [4.78, 5) is 37.6. The molecule has 10 heteroatoms. The van der Waals surface area contributed by atoms with Gasteiger partial charge in [0.05, 0.1) is 33.8 Å². The van der Waals surface area contributed by atoms with Gasteiger partial charge in [-0.2, -0.15) is 0 Å². The van der Waals surface area contributed by atoms with Gasteiger partial charge in [-0.1, -0.05) is 277 Å². The average molecular weight is 1010 g/mol. The van der Waals surface area contributed by atoms with E-state index in [1.807, 2.05) is 33.3 Å². The highest BCUT2D eigenvalue weighted by Crippen LogP contribution is 2.43. The van der Waals surface area contributed by atoms with E-state index >= 15 is 0 Å². The molecule has 0 saturated heterocycles. The third kappa shape index (κ3) is 51.6. The van der Waals surface area contributed by atoms with Gasteiger partial charge in [-0.15, -0.1) is 0 Å². The van der Waals surface area contributed by atoms with Crippen LogP contribution in [-0.2, 0) is 27.9 Å². The topological polar surface area (TPSA) is 111 Å². The lowest BCUT2D eigenvalue weighted by Crippen LogP contribution is -2.47. The molecule has 9 nitrogen and oxygen atoms in total. The van der Waals surface area contributed by atoms with Gasteiger partial charge in [0.2, 0.25) is 5.91 Å². The van der Waals surface area contributed by atoms with Crippen molar-refractivity contribution in [3.63, 3.8) is 0 Å². The molecule has 416 valence electrons. The van der Waals surface area contributed by atoms with Gasteiger partial charge in [0.15, 0.2) is 0 Å². The molecule has 0 saturated carbocycles. The molecule has 70 heavy (non-hydrogen) atoms. The minimum absolute atomic E-state index is 0.0456. The number of rotatable bonds is 56. The van der Waals surface area contributed by atoms with E-state index in [1.165, 1.54) is 218 Å². The Balaban J connectivity index is 5.18. The molecule has 0 bridgehead atoms. The Morgan fingerprint density at radius 1 is 0.486 bits per heavy atom. The summed E-state index contributed by atoms with van der Waals surface area (Å²) in [5, 5.41) is 3.06. The van der Waals surface area contributed by atoms with Crippen LogP contribution >= 0.6 is 7.82 Å². The van der Waals surface area contributed by atoms with Gasteiger partial charge in [-0.3, -0.25) is 18.6 Å². The Kier molecular flexibility index (Phi) is 50.3. The normalized spacial score (nSPS) is 13.8. The second kappa shape index (κ2) is 51.2. The number of ether oxygens (including phenoxy) is 1. The van der Waals surface area contributed by atoms with Crippen molar-refractivity contribution in [3.8, 4) is 0 Å². The summed E-state index contributed by atoms with van der Waals surface area (Å²) in [6, 6.07) is -0.838. The number of esters is 1. The number of carbonyl (C=O) groups excluding carboxylic acids is 2. The second-order valence-corrected chi connectivity index (χ2v) is 23.7. The number of unbranched alkanes of at least 4 members (excludes halogenated alkanes) is 40. The highest BCUT2D eigenvalue weighted by Gasteiger charge is 2.30. The molecule has 0 spiro atoms. The lowest BCUT2D eigenvalue weighted by atomic mass is 10.0. The van der Waals surface area contributed by atoms with Crippen molar-refractivity contribution in [2.45, 2.75) is 322 Å². The van der Waals surface area contributed by atoms with Crippen LogP contribution in [0.5, 0.6) is 0 Å². The van der Waals surface area contributed by atoms with Crippen molar-refractivity contribution in [1.29, 1.82) is 0 Å². The summed E-state index contributed by atoms with van der Waals surface area (Å²) in [6.45, 7) is 7.05. The van der Waals surface area contributed by atoms with Gasteiger partial charge in [0.1, 0.15) is 19.3 Å². The molecular formula is C60H120N2O7P+. The van der Waals surface area contributed by atoms with Gasteiger partial charge in [-0.05, 0) is 31.8 Å². The van der Waals surface area contributed by atoms with Crippen molar-refractivity contribution in [2.75, 3.05) is 40.9 Å². The van der Waals surface area contributed by atoms with Gasteiger partial charge in [0.25, 0.3) is 0 Å². The predicted molar refractivity (Wildman–Crippen MR) is 300 cm³/mol. The van der Waals surface area contributed by atoms with E-state index < -0.39 is 20.0 Å². The Morgan fingerprint density at radius 2 is 0.814 bits per heavy atom. The molecule has 2 N–H and O–H groups in total. The van der Waals surface area contributed by atoms with Crippen LogP contribution in [0.3, 0.4) is 0 Å². The number of carbonyl (C=O) groups is 2. The van der Waals surface area contributed by atoms with Crippen LogP contribution < -0.4 is 5.32 Å². The summed E-state index contributed by atoms with van der Waals surface area (Å²) >= 11 is 0. The van der Waals surface area contributed by atoms with Crippen molar-refractivity contribution < 1.29 is 37.3 Å². The van der Waals surface area contributed by atoms with E-state index in [1.54, 1.807) is 0 Å². The van der Waals surface area contributed by atoms with E-state index in [-0.39, 0.29) is 25.1 Å². The number of phosphoric acid groups is 1. The Bertz CT molecular complexity index is 1210. The van der Waals surface area contributed by atoms with Crippen LogP contribution in [-0.4, -0.2) is 74.3 Å². The summed E-state index contributed by atoms with van der Waals surface area (Å²) in [6.07, 6.45) is 57.7. The van der Waals surface area contributed by atoms with Gasteiger partial charge < -0.3 is 19.4 Å². The lowest BCUT2D eigenvalue weighted by Gasteiger charge is -2.27. The van der Waals surface area contributed by atoms with Crippen molar-refractivity contribution in [2.24, 2.45) is 0 Å². The van der Waals surface area contributed by atoms with Crippen molar-refractivity contribution >= 4 is 19.7 Å². The molecule has 0 heterocycles. The number of hydrogen-bond donors (Lipinski definition) is 2. The van der Waals surface area contributed by atoms with Gasteiger partial charge >= 0.3 is 13.8 Å². The van der Waals surface area contributed by atoms with E-state index in [2.05, 4.69) is 26.1 Å². The first-order valence-electron chi connectivity index (χ1n) is 30.5. The van der Waals surface area contributed by atoms with Crippen LogP contribution in [0.15, 0.2) is 12.2 Å². The summed E-state index contributed by atoms with van der Waals surface area (Å²) < 4.78 is 30.7. The number of hydrogen-bond acceptors (Lipinski definition) is 6. The standard InChI is InChI=1S/C60H119N2O7P/c1-7-10-13-16-19-22-25-27-29-30-31-32-33-34-37-40-43-46-49-52-59(63)61-57(56-68-70(65,66)67-55-54-62(4,5)6)58(51-48-45-42-39-36-24-21-18-15-12-9-3)69-60(64)53-50-47-44-41-38-35-28-26-23-20-17-14-11-8-2/h48,51,57-58H,7-47,49-50,52-56H2,1-6H3,(H-,61,63,65,66)/p+1/b51-48+. The first kappa shape index (κ1) is 68.8. The molecule has 1 amide bonds. The highest BCUT2D eigenvalue weighted by atomic mass is 31.2. The monoisotopic (exact) mass is 1010 g/mol. The minimum Gasteiger partial charge on any atom is -0.456 e. The number of phosphoric ester groups is 1. The fourth-order valence-corrected chi connectivity index (χ4v) is 9.97. The number of nitrogens with one attached hydrogen (secondary N) is 1. The largest absolute Gasteiger partial charge is 0.472 e. The second-order valence-electron chi connectivity index (χ2n) is 22.2. The predicted octanol–water partition coefficient (Wildman–Crippen LogP) is 18.4. The smallest absolute Gasteiger partial charge is 0.456 e. The number of nitrogens with zero attached hydrogens (tertiary/aromatic N) is 1. The van der Waals surface area contributed by atoms with Crippen LogP contribution in [0.25, 0.3) is 0 Å². The SMILES string of the molecule is CCCCCCCCCCC/C=C/C(OC(=O)CCCCCCCCCCCCCCCC)C(COP(=O)(O)OCC[N+](C)(C)C)NC(=O)CCCCCCCCCCCCCCCCCCCCC. The molecule has 0 aliphatic rings. The first-order valence-corrected chi connectivity index (χ1v) is 32.0. The van der Waals surface area contributed by atoms with E-state index in [4.69, 9.17) is 13.8 Å². The van der Waals surface area contributed by atoms with E-state index in [9.17, 15) is 19.0 Å². The quantitative estimate of drug-likeness (QED) is 0.0205. The van der Waals surface area contributed by atoms with Gasteiger partial charge in [0, 0.05) is 12.8 Å². The molecule has 0 fully saturated rings. The Morgan fingerprint density at radius 3 is 1.17 bits per heavy atom. The van der Waals surface area contributed by atoms with E-state index in [0.717, 1.165) is 57.8 Å². The number of likely N-dealkylation sites (N-methyl/N-ethyl adjacent to an activating group) is 1. The fourth-order valence-electron chi connectivity index (χ4n) is 9.24. The molecule has 0 rings (SSSR count). The van der Waals surface area contributed by atoms with Crippen molar-refractivity contribution in [3.05, 3.63) is 12.2 Å².